The van der Waals surface area contributed by atoms with Crippen LogP contribution < -0.4 is 0 Å². The standard InChI is InChI=1S/C16H19F5O7/c1-8(2)12(24)25-6-11-7-26-15(16(19,20)21,28-10(4)23)14(17,18)13(11,5)27-9(3)22/h11H,1,6-7H2,2-5H3. The average molecular weight is 418 g/mol. The van der Waals surface area contributed by atoms with Gasteiger partial charge in [0.2, 0.25) is 0 Å². The highest BCUT2D eigenvalue weighted by Gasteiger charge is 2.84. The summed E-state index contributed by atoms with van der Waals surface area (Å²) in [5.41, 5.74) is -3.29. The molecule has 1 fully saturated rings. The van der Waals surface area contributed by atoms with E-state index in [9.17, 15) is 27.6 Å². The van der Waals surface area contributed by atoms with Crippen LogP contribution in [0.15, 0.2) is 12.2 Å². The molecule has 3 unspecified atom stereocenters. The predicted molar refractivity (Wildman–Crippen MR) is 80.9 cm³/mol. The predicted octanol–water partition coefficient (Wildman–Crippen LogP) is 2.53. The van der Waals surface area contributed by atoms with Crippen LogP contribution in [-0.2, 0) is 33.3 Å². The third-order valence-corrected chi connectivity index (χ3v) is 4.08. The van der Waals surface area contributed by atoms with E-state index < -0.39 is 60.5 Å². The molecular weight excluding hydrogens is 399 g/mol. The summed E-state index contributed by atoms with van der Waals surface area (Å²) in [4.78, 5) is 34.0. The molecule has 0 aromatic rings. The van der Waals surface area contributed by atoms with Crippen LogP contribution in [0.1, 0.15) is 27.7 Å². The zero-order valence-electron chi connectivity index (χ0n) is 15.4. The third-order valence-electron chi connectivity index (χ3n) is 4.08. The zero-order chi connectivity index (χ0) is 22.1. The van der Waals surface area contributed by atoms with Gasteiger partial charge >= 0.3 is 35.8 Å². The summed E-state index contributed by atoms with van der Waals surface area (Å²) < 4.78 is 88.5. The first kappa shape index (κ1) is 23.8. The molecule has 1 aliphatic heterocycles. The monoisotopic (exact) mass is 418 g/mol. The van der Waals surface area contributed by atoms with Gasteiger partial charge in [-0.2, -0.15) is 22.0 Å². The van der Waals surface area contributed by atoms with Gasteiger partial charge in [-0.1, -0.05) is 6.58 Å². The maximum atomic E-state index is 15.2. The second kappa shape index (κ2) is 7.64. The topological polar surface area (TPSA) is 88.1 Å². The molecule has 0 spiro atoms. The number of carbonyl (C=O) groups excluding carboxylic acids is 3. The molecule has 1 rings (SSSR count). The van der Waals surface area contributed by atoms with Crippen molar-refractivity contribution >= 4 is 17.9 Å². The Morgan fingerprint density at radius 3 is 2.00 bits per heavy atom. The largest absolute Gasteiger partial charge is 0.462 e. The molecule has 1 saturated heterocycles. The van der Waals surface area contributed by atoms with Crippen molar-refractivity contribution in [3.05, 3.63) is 12.2 Å². The maximum Gasteiger partial charge on any atom is 0.462 e. The van der Waals surface area contributed by atoms with Crippen molar-refractivity contribution in [3.63, 3.8) is 0 Å². The lowest BCUT2D eigenvalue weighted by Gasteiger charge is -2.53. The molecule has 0 N–H and O–H groups in total. The van der Waals surface area contributed by atoms with E-state index in [4.69, 9.17) is 4.74 Å². The van der Waals surface area contributed by atoms with E-state index >= 15 is 8.78 Å². The van der Waals surface area contributed by atoms with Crippen LogP contribution in [0.4, 0.5) is 22.0 Å². The second-order valence-corrected chi connectivity index (χ2v) is 6.37. The first-order valence-electron chi connectivity index (χ1n) is 7.82. The number of hydrogen-bond acceptors (Lipinski definition) is 7. The molecule has 1 heterocycles. The highest BCUT2D eigenvalue weighted by Crippen LogP contribution is 2.57. The van der Waals surface area contributed by atoms with E-state index in [1.54, 1.807) is 0 Å². The lowest BCUT2D eigenvalue weighted by Crippen LogP contribution is -2.77. The Morgan fingerprint density at radius 2 is 1.61 bits per heavy atom. The second-order valence-electron chi connectivity index (χ2n) is 6.37. The smallest absolute Gasteiger partial charge is 0.462 e. The molecule has 12 heteroatoms. The first-order chi connectivity index (χ1) is 12.5. The van der Waals surface area contributed by atoms with Crippen molar-refractivity contribution in [2.24, 2.45) is 5.92 Å². The van der Waals surface area contributed by atoms with Gasteiger partial charge in [0, 0.05) is 19.4 Å². The number of ether oxygens (including phenoxy) is 4. The lowest BCUT2D eigenvalue weighted by molar-refractivity contribution is -0.476. The van der Waals surface area contributed by atoms with E-state index in [2.05, 4.69) is 20.8 Å². The van der Waals surface area contributed by atoms with Crippen LogP contribution >= 0.6 is 0 Å². The van der Waals surface area contributed by atoms with Gasteiger partial charge in [-0.15, -0.1) is 0 Å². The van der Waals surface area contributed by atoms with Crippen LogP contribution in [0.5, 0.6) is 0 Å². The van der Waals surface area contributed by atoms with E-state index in [0.29, 0.717) is 20.8 Å². The minimum atomic E-state index is -5.89. The number of esters is 3. The van der Waals surface area contributed by atoms with Crippen molar-refractivity contribution in [1.82, 2.24) is 0 Å². The molecule has 0 aromatic carbocycles. The zero-order valence-corrected chi connectivity index (χ0v) is 15.4. The number of rotatable bonds is 5. The molecule has 28 heavy (non-hydrogen) atoms. The molecule has 1 aliphatic rings. The maximum absolute atomic E-state index is 15.2. The number of halogens is 5. The highest BCUT2D eigenvalue weighted by molar-refractivity contribution is 5.86. The Balaban J connectivity index is 3.47. The molecule has 160 valence electrons. The van der Waals surface area contributed by atoms with Crippen LogP contribution in [0.2, 0.25) is 0 Å². The van der Waals surface area contributed by atoms with Crippen LogP contribution in [0.3, 0.4) is 0 Å². The van der Waals surface area contributed by atoms with Gasteiger partial charge < -0.3 is 18.9 Å². The Labute approximate surface area is 156 Å². The van der Waals surface area contributed by atoms with Gasteiger partial charge in [0.25, 0.3) is 0 Å². The summed E-state index contributed by atoms with van der Waals surface area (Å²) in [6.45, 7) is 4.23. The lowest BCUT2D eigenvalue weighted by atomic mass is 9.77. The summed E-state index contributed by atoms with van der Waals surface area (Å²) in [5, 5.41) is 0. The SMILES string of the molecule is C=C(C)C(=O)OCC1COC(OC(C)=O)(C(F)(F)F)C(F)(F)C1(C)OC(C)=O. The summed E-state index contributed by atoms with van der Waals surface area (Å²) in [5.74, 6) is -15.6. The van der Waals surface area contributed by atoms with Crippen LogP contribution in [0.25, 0.3) is 0 Å². The van der Waals surface area contributed by atoms with Crippen LogP contribution in [-0.4, -0.2) is 54.6 Å². The minimum Gasteiger partial charge on any atom is -0.462 e. The summed E-state index contributed by atoms with van der Waals surface area (Å²) in [6, 6.07) is 0. The number of carbonyl (C=O) groups is 3. The fourth-order valence-electron chi connectivity index (χ4n) is 2.62. The Bertz CT molecular complexity index is 675. The fraction of sp³-hybridized carbons (Fsp3) is 0.688. The summed E-state index contributed by atoms with van der Waals surface area (Å²) in [7, 11) is 0. The Hall–Kier alpha value is -2.24. The van der Waals surface area contributed by atoms with Gasteiger partial charge in [-0.25, -0.2) is 4.79 Å². The van der Waals surface area contributed by atoms with Crippen molar-refractivity contribution in [1.29, 1.82) is 0 Å². The summed E-state index contributed by atoms with van der Waals surface area (Å²) >= 11 is 0. The van der Waals surface area contributed by atoms with Gasteiger partial charge in [0.05, 0.1) is 12.5 Å². The van der Waals surface area contributed by atoms with E-state index in [0.717, 1.165) is 0 Å². The van der Waals surface area contributed by atoms with Crippen molar-refractivity contribution in [2.75, 3.05) is 13.2 Å². The molecule has 0 saturated carbocycles. The number of alkyl halides is 5. The molecule has 0 radical (unpaired) electrons. The normalized spacial score (nSPS) is 29.5. The number of hydrogen-bond donors (Lipinski definition) is 0. The molecule has 3 atom stereocenters. The quantitative estimate of drug-likeness (QED) is 0.293. The molecule has 0 amide bonds. The van der Waals surface area contributed by atoms with Gasteiger partial charge in [-0.05, 0) is 13.8 Å². The fourth-order valence-corrected chi connectivity index (χ4v) is 2.62. The highest BCUT2D eigenvalue weighted by atomic mass is 19.4. The van der Waals surface area contributed by atoms with Gasteiger partial charge in [-0.3, -0.25) is 9.59 Å². The minimum absolute atomic E-state index is 0.0952. The molecule has 7 nitrogen and oxygen atoms in total. The molecular formula is C16H19F5O7. The van der Waals surface area contributed by atoms with Crippen molar-refractivity contribution < 1.29 is 55.3 Å². The Kier molecular flexibility index (Phi) is 6.50. The molecule has 0 aliphatic carbocycles. The van der Waals surface area contributed by atoms with E-state index in [1.807, 2.05) is 0 Å². The Morgan fingerprint density at radius 1 is 1.11 bits per heavy atom. The van der Waals surface area contributed by atoms with Gasteiger partial charge in [0.15, 0.2) is 5.60 Å². The first-order valence-corrected chi connectivity index (χ1v) is 7.82. The third kappa shape index (κ3) is 3.96. The van der Waals surface area contributed by atoms with E-state index in [1.165, 1.54) is 6.92 Å². The molecule has 0 aromatic heterocycles. The molecule has 0 bridgehead atoms. The van der Waals surface area contributed by atoms with Crippen molar-refractivity contribution in [3.8, 4) is 0 Å². The average Bonchev–Trinajstić information content (AvgIpc) is 2.49. The van der Waals surface area contributed by atoms with E-state index in [-0.39, 0.29) is 5.57 Å². The van der Waals surface area contributed by atoms with Crippen LogP contribution in [0, 0.1) is 5.92 Å². The van der Waals surface area contributed by atoms with Gasteiger partial charge in [0.1, 0.15) is 6.61 Å². The van der Waals surface area contributed by atoms with Crippen molar-refractivity contribution in [2.45, 2.75) is 51.2 Å². The summed E-state index contributed by atoms with van der Waals surface area (Å²) in [6.07, 6.45) is -5.89.